The lowest BCUT2D eigenvalue weighted by atomic mass is 9.82. The van der Waals surface area contributed by atoms with Crippen LogP contribution in [0, 0.1) is 23.7 Å². The first kappa shape index (κ1) is 24.0. The third kappa shape index (κ3) is 6.43. The maximum absolute atomic E-state index is 12.7. The molecule has 0 aromatic heterocycles. The van der Waals surface area contributed by atoms with E-state index >= 15 is 0 Å². The van der Waals surface area contributed by atoms with Gasteiger partial charge in [-0.15, -0.1) is 6.42 Å². The van der Waals surface area contributed by atoms with Crippen molar-refractivity contribution >= 4 is 23.4 Å². The molecule has 2 aromatic rings. The van der Waals surface area contributed by atoms with Crippen LogP contribution in [0.1, 0.15) is 39.9 Å². The van der Waals surface area contributed by atoms with E-state index in [-0.39, 0.29) is 31.0 Å². The van der Waals surface area contributed by atoms with Gasteiger partial charge in [0.2, 0.25) is 0 Å². The number of nitrogens with one attached hydrogen (secondary N) is 2. The van der Waals surface area contributed by atoms with E-state index < -0.39 is 0 Å². The molecule has 1 unspecified atom stereocenters. The Morgan fingerprint density at radius 2 is 1.94 bits per heavy atom. The number of rotatable bonds is 8. The Bertz CT molecular complexity index is 1060. The molecule has 0 spiro atoms. The number of aryl methyl sites for hydroxylation is 1. The number of carbonyl (C=O) groups is 2. The predicted octanol–water partition coefficient (Wildman–Crippen LogP) is 2.86. The van der Waals surface area contributed by atoms with Crippen molar-refractivity contribution in [2.24, 2.45) is 5.92 Å². The van der Waals surface area contributed by atoms with E-state index in [0.29, 0.717) is 35.6 Å². The monoisotopic (exact) mass is 447 g/mol. The standard InChI is InChI=1S/C26H29N3O4/c1-3-12-29(2)25(27)20-6-8-21(9-7-20)26(32)28-23-11-10-19-5-4-18(15-22(19)17-23)16-24(31)33-14-13-30/h1,6-11,17-18,27,30H,4-5,12-16H2,2H3,(H,28,32). The molecule has 3 rings (SSSR count). The molecule has 2 aromatic carbocycles. The average Bonchev–Trinajstić information content (AvgIpc) is 2.82. The number of nitrogens with zero attached hydrogens (tertiary/aromatic N) is 1. The molecule has 1 amide bonds. The molecule has 3 N–H and O–H groups in total. The molecule has 172 valence electrons. The first-order valence-electron chi connectivity index (χ1n) is 10.9. The lowest BCUT2D eigenvalue weighted by Crippen LogP contribution is -2.27. The fourth-order valence-corrected chi connectivity index (χ4v) is 3.96. The first-order valence-corrected chi connectivity index (χ1v) is 10.9. The molecule has 1 aliphatic rings. The number of hydrogen-bond donors (Lipinski definition) is 3. The highest BCUT2D eigenvalue weighted by Crippen LogP contribution is 2.30. The van der Waals surface area contributed by atoms with Gasteiger partial charge in [-0.3, -0.25) is 15.0 Å². The molecule has 0 aliphatic heterocycles. The summed E-state index contributed by atoms with van der Waals surface area (Å²) in [6.45, 7) is 0.197. The van der Waals surface area contributed by atoms with Crippen molar-refractivity contribution in [3.8, 4) is 12.3 Å². The van der Waals surface area contributed by atoms with Crippen LogP contribution < -0.4 is 5.32 Å². The Hall–Kier alpha value is -3.63. The fourth-order valence-electron chi connectivity index (χ4n) is 3.96. The summed E-state index contributed by atoms with van der Waals surface area (Å²) >= 11 is 0. The zero-order valence-corrected chi connectivity index (χ0v) is 18.8. The summed E-state index contributed by atoms with van der Waals surface area (Å²) in [6.07, 6.45) is 8.16. The summed E-state index contributed by atoms with van der Waals surface area (Å²) in [7, 11) is 1.75. The highest BCUT2D eigenvalue weighted by Gasteiger charge is 2.22. The largest absolute Gasteiger partial charge is 0.463 e. The van der Waals surface area contributed by atoms with Crippen LogP contribution >= 0.6 is 0 Å². The SMILES string of the molecule is C#CCN(C)C(=N)c1ccc(C(=O)Nc2ccc3c(c2)CC(CC(=O)OCCO)CC3)cc1. The van der Waals surface area contributed by atoms with E-state index in [4.69, 9.17) is 21.7 Å². The van der Waals surface area contributed by atoms with Gasteiger partial charge in [-0.25, -0.2) is 0 Å². The van der Waals surface area contributed by atoms with Crippen LogP contribution in [0.15, 0.2) is 42.5 Å². The smallest absolute Gasteiger partial charge is 0.306 e. The van der Waals surface area contributed by atoms with E-state index in [1.54, 1.807) is 36.2 Å². The number of terminal acetylenes is 1. The Morgan fingerprint density at radius 3 is 2.64 bits per heavy atom. The second kappa shape index (κ2) is 11.3. The summed E-state index contributed by atoms with van der Waals surface area (Å²) in [6, 6.07) is 12.7. The van der Waals surface area contributed by atoms with Crippen molar-refractivity contribution in [3.63, 3.8) is 0 Å². The minimum Gasteiger partial charge on any atom is -0.463 e. The van der Waals surface area contributed by atoms with Crippen LogP contribution in [0.25, 0.3) is 0 Å². The van der Waals surface area contributed by atoms with E-state index in [9.17, 15) is 9.59 Å². The van der Waals surface area contributed by atoms with E-state index in [0.717, 1.165) is 24.8 Å². The number of ether oxygens (including phenoxy) is 1. The molecule has 0 radical (unpaired) electrons. The second-order valence-corrected chi connectivity index (χ2v) is 8.18. The molecule has 1 atom stereocenters. The highest BCUT2D eigenvalue weighted by atomic mass is 16.5. The number of amidine groups is 1. The minimum absolute atomic E-state index is 0.0298. The van der Waals surface area contributed by atoms with E-state index in [1.165, 1.54) is 5.56 Å². The predicted molar refractivity (Wildman–Crippen MR) is 127 cm³/mol. The molecule has 1 aliphatic carbocycles. The van der Waals surface area contributed by atoms with Crippen LogP contribution in [0.2, 0.25) is 0 Å². The van der Waals surface area contributed by atoms with Gasteiger partial charge in [0.1, 0.15) is 12.4 Å². The molecule has 0 fully saturated rings. The quantitative estimate of drug-likeness (QED) is 0.250. The normalized spacial score (nSPS) is 14.5. The number of fused-ring (bicyclic) bond motifs is 1. The van der Waals surface area contributed by atoms with E-state index in [2.05, 4.69) is 11.2 Å². The van der Waals surface area contributed by atoms with Crippen molar-refractivity contribution in [2.75, 3.05) is 32.1 Å². The molecule has 7 nitrogen and oxygen atoms in total. The maximum Gasteiger partial charge on any atom is 0.306 e. The number of aliphatic hydroxyl groups excluding tert-OH is 1. The zero-order chi connectivity index (χ0) is 23.8. The Kier molecular flexibility index (Phi) is 8.22. The topological polar surface area (TPSA) is 103 Å². The molecular weight excluding hydrogens is 418 g/mol. The van der Waals surface area contributed by atoms with Crippen molar-refractivity contribution < 1.29 is 19.4 Å². The Morgan fingerprint density at radius 1 is 1.21 bits per heavy atom. The molecule has 0 bridgehead atoms. The van der Waals surface area contributed by atoms with Gasteiger partial charge in [0.05, 0.1) is 13.2 Å². The third-order valence-electron chi connectivity index (χ3n) is 5.74. The van der Waals surface area contributed by atoms with Gasteiger partial charge in [-0.2, -0.15) is 0 Å². The number of hydrogen-bond acceptors (Lipinski definition) is 5. The summed E-state index contributed by atoms with van der Waals surface area (Å²) in [5.41, 5.74) is 4.23. The molecule has 0 saturated heterocycles. The summed E-state index contributed by atoms with van der Waals surface area (Å²) in [5, 5.41) is 19.9. The number of amides is 1. The Balaban J connectivity index is 1.62. The minimum atomic E-state index is -0.288. The molecule has 33 heavy (non-hydrogen) atoms. The van der Waals surface area contributed by atoms with Crippen molar-refractivity contribution in [3.05, 3.63) is 64.7 Å². The Labute approximate surface area is 194 Å². The van der Waals surface area contributed by atoms with Gasteiger partial charge in [0, 0.05) is 30.3 Å². The van der Waals surface area contributed by atoms with Crippen LogP contribution in [0.4, 0.5) is 5.69 Å². The average molecular weight is 448 g/mol. The lowest BCUT2D eigenvalue weighted by Gasteiger charge is -2.24. The third-order valence-corrected chi connectivity index (χ3v) is 5.74. The van der Waals surface area contributed by atoms with Gasteiger partial charge < -0.3 is 20.1 Å². The van der Waals surface area contributed by atoms with Crippen LogP contribution in [-0.2, 0) is 22.4 Å². The number of aliphatic hydroxyl groups is 1. The van der Waals surface area contributed by atoms with Gasteiger partial charge in [0.25, 0.3) is 5.91 Å². The van der Waals surface area contributed by atoms with Crippen LogP contribution in [0.3, 0.4) is 0 Å². The number of esters is 1. The second-order valence-electron chi connectivity index (χ2n) is 8.18. The van der Waals surface area contributed by atoms with Crippen LogP contribution in [-0.4, -0.2) is 54.5 Å². The molecule has 7 heteroatoms. The van der Waals surface area contributed by atoms with E-state index in [1.807, 2.05) is 18.2 Å². The summed E-state index contributed by atoms with van der Waals surface area (Å²) in [5.74, 6) is 2.47. The lowest BCUT2D eigenvalue weighted by molar-refractivity contribution is -0.145. The number of benzene rings is 2. The number of anilines is 1. The van der Waals surface area contributed by atoms with Crippen molar-refractivity contribution in [2.45, 2.75) is 25.7 Å². The van der Waals surface area contributed by atoms with Gasteiger partial charge in [0.15, 0.2) is 0 Å². The van der Waals surface area contributed by atoms with Gasteiger partial charge in [-0.1, -0.05) is 24.1 Å². The molecular formula is C26H29N3O4. The number of carbonyl (C=O) groups excluding carboxylic acids is 2. The summed E-state index contributed by atoms with van der Waals surface area (Å²) in [4.78, 5) is 26.3. The first-order chi connectivity index (χ1) is 15.9. The summed E-state index contributed by atoms with van der Waals surface area (Å²) < 4.78 is 4.98. The van der Waals surface area contributed by atoms with Crippen molar-refractivity contribution in [1.29, 1.82) is 5.41 Å². The molecule has 0 saturated carbocycles. The van der Waals surface area contributed by atoms with Gasteiger partial charge in [-0.05, 0) is 60.6 Å². The van der Waals surface area contributed by atoms with Crippen molar-refractivity contribution in [1.82, 2.24) is 4.90 Å². The zero-order valence-electron chi connectivity index (χ0n) is 18.8. The van der Waals surface area contributed by atoms with Crippen LogP contribution in [0.5, 0.6) is 0 Å². The maximum atomic E-state index is 12.7. The van der Waals surface area contributed by atoms with Gasteiger partial charge >= 0.3 is 5.97 Å². The fraction of sp³-hybridized carbons (Fsp3) is 0.346. The highest BCUT2D eigenvalue weighted by molar-refractivity contribution is 6.05. The molecule has 0 heterocycles.